The summed E-state index contributed by atoms with van der Waals surface area (Å²) in [4.78, 5) is 5.20. The van der Waals surface area contributed by atoms with E-state index in [4.69, 9.17) is 9.40 Å². The summed E-state index contributed by atoms with van der Waals surface area (Å²) in [5.41, 5.74) is 8.87. The number of hydrogen-bond acceptors (Lipinski definition) is 2. The van der Waals surface area contributed by atoms with Crippen molar-refractivity contribution in [1.82, 2.24) is 9.55 Å². The number of nitrogens with zero attached hydrogens (tertiary/aromatic N) is 2. The van der Waals surface area contributed by atoms with Gasteiger partial charge in [-0.1, -0.05) is 88.4 Å². The second-order valence-corrected chi connectivity index (χ2v) is 10.1. The number of aromatic nitrogens is 2. The average molecular weight is 459 g/mol. The Kier molecular flexibility index (Phi) is 5.21. The fourth-order valence-corrected chi connectivity index (χ4v) is 5.31. The summed E-state index contributed by atoms with van der Waals surface area (Å²) in [6.45, 7) is 9.12. The zero-order chi connectivity index (χ0) is 24.1. The summed E-state index contributed by atoms with van der Waals surface area (Å²) in [6, 6.07) is 29.9. The van der Waals surface area contributed by atoms with Crippen molar-refractivity contribution in [3.8, 4) is 17.1 Å². The van der Waals surface area contributed by atoms with Gasteiger partial charge in [0.05, 0.1) is 22.3 Å². The number of fused-ring (bicyclic) bond motifs is 4. The first kappa shape index (κ1) is 21.7. The summed E-state index contributed by atoms with van der Waals surface area (Å²) in [5.74, 6) is 1.86. The van der Waals surface area contributed by atoms with Gasteiger partial charge in [0, 0.05) is 10.8 Å². The Labute approximate surface area is 206 Å². The third-order valence-corrected chi connectivity index (χ3v) is 6.83. The highest BCUT2D eigenvalue weighted by Gasteiger charge is 2.23. The predicted molar refractivity (Wildman–Crippen MR) is 146 cm³/mol. The van der Waals surface area contributed by atoms with Crippen LogP contribution >= 0.6 is 0 Å². The molecule has 0 aliphatic carbocycles. The highest BCUT2D eigenvalue weighted by atomic mass is 16.3. The molecule has 0 spiro atoms. The van der Waals surface area contributed by atoms with Gasteiger partial charge in [-0.3, -0.25) is 4.57 Å². The van der Waals surface area contributed by atoms with Gasteiger partial charge in [0.2, 0.25) is 0 Å². The van der Waals surface area contributed by atoms with Crippen molar-refractivity contribution in [2.45, 2.75) is 40.0 Å². The van der Waals surface area contributed by atoms with Gasteiger partial charge in [0.1, 0.15) is 17.0 Å². The first-order chi connectivity index (χ1) is 17.0. The maximum absolute atomic E-state index is 6.44. The molecule has 6 rings (SSSR count). The molecule has 0 saturated carbocycles. The molecule has 0 atom stereocenters. The molecule has 0 unspecified atom stereocenters. The lowest BCUT2D eigenvalue weighted by molar-refractivity contribution is 0.643. The fourth-order valence-electron chi connectivity index (χ4n) is 5.31. The Bertz CT molecular complexity index is 1680. The zero-order valence-corrected chi connectivity index (χ0v) is 20.7. The summed E-state index contributed by atoms with van der Waals surface area (Å²) < 4.78 is 8.82. The maximum Gasteiger partial charge on any atom is 0.149 e. The van der Waals surface area contributed by atoms with Gasteiger partial charge in [-0.2, -0.15) is 0 Å². The Morgan fingerprint density at radius 3 is 2.34 bits per heavy atom. The monoisotopic (exact) mass is 458 g/mol. The molecule has 35 heavy (non-hydrogen) atoms. The Balaban J connectivity index is 1.74. The van der Waals surface area contributed by atoms with Gasteiger partial charge in [0.25, 0.3) is 0 Å². The Morgan fingerprint density at radius 2 is 1.51 bits per heavy atom. The van der Waals surface area contributed by atoms with Crippen LogP contribution in [0.4, 0.5) is 0 Å². The van der Waals surface area contributed by atoms with Crippen LogP contribution in [0.3, 0.4) is 0 Å². The van der Waals surface area contributed by atoms with Gasteiger partial charge < -0.3 is 4.42 Å². The first-order valence-electron chi connectivity index (χ1n) is 12.5. The van der Waals surface area contributed by atoms with E-state index in [1.807, 2.05) is 12.1 Å². The number of benzene rings is 4. The van der Waals surface area contributed by atoms with E-state index in [9.17, 15) is 0 Å². The highest BCUT2D eigenvalue weighted by molar-refractivity contribution is 6.09. The predicted octanol–water partition coefficient (Wildman–Crippen LogP) is 8.91. The lowest BCUT2D eigenvalue weighted by Crippen LogP contribution is -2.09. The van der Waals surface area contributed by atoms with Crippen molar-refractivity contribution in [2.75, 3.05) is 0 Å². The molecule has 0 N–H and O–H groups in total. The van der Waals surface area contributed by atoms with Crippen LogP contribution in [-0.2, 0) is 6.42 Å². The van der Waals surface area contributed by atoms with Gasteiger partial charge in [0.15, 0.2) is 0 Å². The van der Waals surface area contributed by atoms with Crippen molar-refractivity contribution in [3.63, 3.8) is 0 Å². The second-order valence-electron chi connectivity index (χ2n) is 10.1. The molecule has 3 nitrogen and oxygen atoms in total. The summed E-state index contributed by atoms with van der Waals surface area (Å²) in [6.07, 6.45) is 1.01. The standard InChI is InChI=1S/C32H30N2O/c1-20(2)19-22-11-9-13-23(21(3)4)30(22)34-28-17-7-6-16-27(28)33-32(34)26-15-10-14-25-24-12-5-8-18-29(24)35-31(25)26/h5-18,20-21H,19H2,1-4H3. The largest absolute Gasteiger partial charge is 0.455 e. The van der Waals surface area contributed by atoms with Crippen molar-refractivity contribution in [2.24, 2.45) is 5.92 Å². The third-order valence-electron chi connectivity index (χ3n) is 6.83. The Morgan fingerprint density at radius 1 is 0.771 bits per heavy atom. The molecule has 174 valence electrons. The molecule has 3 heteroatoms. The van der Waals surface area contributed by atoms with Gasteiger partial charge >= 0.3 is 0 Å². The van der Waals surface area contributed by atoms with Crippen molar-refractivity contribution >= 4 is 33.0 Å². The summed E-state index contributed by atoms with van der Waals surface area (Å²) >= 11 is 0. The van der Waals surface area contributed by atoms with Gasteiger partial charge in [-0.05, 0) is 53.6 Å². The van der Waals surface area contributed by atoms with Crippen LogP contribution in [0.1, 0.15) is 44.7 Å². The van der Waals surface area contributed by atoms with E-state index in [0.717, 1.165) is 50.8 Å². The highest BCUT2D eigenvalue weighted by Crippen LogP contribution is 2.40. The molecule has 0 bridgehead atoms. The van der Waals surface area contributed by atoms with Crippen LogP contribution in [-0.4, -0.2) is 9.55 Å². The molecule has 0 radical (unpaired) electrons. The van der Waals surface area contributed by atoms with Crippen molar-refractivity contribution < 1.29 is 4.42 Å². The molecule has 0 saturated heterocycles. The summed E-state index contributed by atoms with van der Waals surface area (Å²) in [5, 5.41) is 2.26. The summed E-state index contributed by atoms with van der Waals surface area (Å²) in [7, 11) is 0. The topological polar surface area (TPSA) is 31.0 Å². The smallest absolute Gasteiger partial charge is 0.149 e. The van der Waals surface area contributed by atoms with E-state index in [1.54, 1.807) is 0 Å². The fraction of sp³-hybridized carbons (Fsp3) is 0.219. The van der Waals surface area contributed by atoms with Crippen molar-refractivity contribution in [3.05, 3.63) is 96.1 Å². The van der Waals surface area contributed by atoms with E-state index < -0.39 is 0 Å². The Hall–Kier alpha value is -3.85. The number of rotatable bonds is 5. The van der Waals surface area contributed by atoms with Gasteiger partial charge in [-0.25, -0.2) is 4.98 Å². The molecule has 0 amide bonds. The van der Waals surface area contributed by atoms with Crippen LogP contribution in [0.5, 0.6) is 0 Å². The lowest BCUT2D eigenvalue weighted by atomic mass is 9.93. The quantitative estimate of drug-likeness (QED) is 0.258. The minimum absolute atomic E-state index is 0.383. The van der Waals surface area contributed by atoms with Crippen molar-refractivity contribution in [1.29, 1.82) is 0 Å². The van der Waals surface area contributed by atoms with E-state index in [2.05, 4.69) is 105 Å². The second kappa shape index (κ2) is 8.42. The normalized spacial score (nSPS) is 12.1. The molecule has 2 heterocycles. The molecule has 4 aromatic carbocycles. The van der Waals surface area contributed by atoms with Crippen LogP contribution in [0.15, 0.2) is 89.3 Å². The molecule has 2 aromatic heterocycles. The molecule has 6 aromatic rings. The molecule has 0 aliphatic rings. The number of furan rings is 1. The van der Waals surface area contributed by atoms with Crippen LogP contribution < -0.4 is 0 Å². The number of para-hydroxylation sites is 5. The van der Waals surface area contributed by atoms with Crippen LogP contribution in [0, 0.1) is 5.92 Å². The minimum atomic E-state index is 0.383. The molecule has 0 fully saturated rings. The van der Waals surface area contributed by atoms with E-state index in [0.29, 0.717) is 11.8 Å². The average Bonchev–Trinajstić information content (AvgIpc) is 3.42. The van der Waals surface area contributed by atoms with Crippen LogP contribution in [0.25, 0.3) is 50.0 Å². The molecular formula is C32H30N2O. The molecular weight excluding hydrogens is 428 g/mol. The SMILES string of the molecule is CC(C)Cc1cccc(C(C)C)c1-n1c(-c2cccc3c2oc2ccccc23)nc2ccccc21. The number of imidazole rings is 1. The third kappa shape index (κ3) is 3.54. The van der Waals surface area contributed by atoms with E-state index in [1.165, 1.54) is 16.8 Å². The maximum atomic E-state index is 6.44. The van der Waals surface area contributed by atoms with Gasteiger partial charge in [-0.15, -0.1) is 0 Å². The zero-order valence-electron chi connectivity index (χ0n) is 20.7. The first-order valence-corrected chi connectivity index (χ1v) is 12.5. The lowest BCUT2D eigenvalue weighted by Gasteiger charge is -2.21. The van der Waals surface area contributed by atoms with Crippen LogP contribution in [0.2, 0.25) is 0 Å². The molecule has 0 aliphatic heterocycles. The number of hydrogen-bond donors (Lipinski definition) is 0. The van der Waals surface area contributed by atoms with E-state index >= 15 is 0 Å². The van der Waals surface area contributed by atoms with E-state index in [-0.39, 0.29) is 0 Å². The minimum Gasteiger partial charge on any atom is -0.455 e.